The zero-order chi connectivity index (χ0) is 11.7. The van der Waals surface area contributed by atoms with Gasteiger partial charge in [0.1, 0.15) is 17.7 Å². The van der Waals surface area contributed by atoms with E-state index in [4.69, 9.17) is 4.74 Å². The molecular formula is C11H11F2NO2. The maximum atomic E-state index is 13.4. The van der Waals surface area contributed by atoms with E-state index < -0.39 is 23.8 Å². The van der Waals surface area contributed by atoms with Crippen molar-refractivity contribution in [3.8, 4) is 0 Å². The van der Waals surface area contributed by atoms with Crippen molar-refractivity contribution in [2.24, 2.45) is 0 Å². The highest BCUT2D eigenvalue weighted by Crippen LogP contribution is 2.29. The molecule has 0 aromatic heterocycles. The second kappa shape index (κ2) is 4.08. The Morgan fingerprint density at radius 3 is 2.56 bits per heavy atom. The van der Waals surface area contributed by atoms with Crippen LogP contribution in [0.3, 0.4) is 0 Å². The van der Waals surface area contributed by atoms with E-state index >= 15 is 0 Å². The normalized spacial score (nSPS) is 20.8. The third-order valence-corrected chi connectivity index (χ3v) is 2.60. The molecule has 86 valence electrons. The molecule has 0 N–H and O–H groups in total. The van der Waals surface area contributed by atoms with Gasteiger partial charge in [-0.2, -0.15) is 0 Å². The SMILES string of the molecule is CN1CC[C@@H](c2c(F)cccc2F)OC1=O. The van der Waals surface area contributed by atoms with Gasteiger partial charge in [-0.1, -0.05) is 6.07 Å². The Balaban J connectivity index is 2.28. The van der Waals surface area contributed by atoms with Gasteiger partial charge in [0.25, 0.3) is 0 Å². The molecule has 1 saturated heterocycles. The van der Waals surface area contributed by atoms with Crippen LogP contribution in [0, 0.1) is 11.6 Å². The number of rotatable bonds is 1. The molecule has 1 aliphatic rings. The van der Waals surface area contributed by atoms with Gasteiger partial charge in [0.05, 0.1) is 5.56 Å². The van der Waals surface area contributed by atoms with E-state index in [9.17, 15) is 13.6 Å². The van der Waals surface area contributed by atoms with Gasteiger partial charge in [0.15, 0.2) is 0 Å². The van der Waals surface area contributed by atoms with E-state index in [1.54, 1.807) is 7.05 Å². The van der Waals surface area contributed by atoms with Crippen molar-refractivity contribution in [3.63, 3.8) is 0 Å². The molecule has 1 aromatic rings. The molecule has 1 aliphatic heterocycles. The monoisotopic (exact) mass is 227 g/mol. The summed E-state index contributed by atoms with van der Waals surface area (Å²) in [4.78, 5) is 12.6. The molecular weight excluding hydrogens is 216 g/mol. The largest absolute Gasteiger partial charge is 0.441 e. The lowest BCUT2D eigenvalue weighted by Gasteiger charge is -2.29. The Morgan fingerprint density at radius 2 is 2.00 bits per heavy atom. The van der Waals surface area contributed by atoms with Gasteiger partial charge in [-0.3, -0.25) is 0 Å². The van der Waals surface area contributed by atoms with Crippen LogP contribution < -0.4 is 0 Å². The minimum atomic E-state index is -0.829. The lowest BCUT2D eigenvalue weighted by Crippen LogP contribution is -2.36. The van der Waals surface area contributed by atoms with Crippen LogP contribution in [0.4, 0.5) is 13.6 Å². The topological polar surface area (TPSA) is 29.5 Å². The molecule has 0 unspecified atom stereocenters. The Labute approximate surface area is 91.6 Å². The number of nitrogens with zero attached hydrogens (tertiary/aromatic N) is 1. The Morgan fingerprint density at radius 1 is 1.38 bits per heavy atom. The molecule has 1 heterocycles. The fourth-order valence-corrected chi connectivity index (χ4v) is 1.69. The number of cyclic esters (lactones) is 1. The summed E-state index contributed by atoms with van der Waals surface area (Å²) < 4.78 is 31.8. The summed E-state index contributed by atoms with van der Waals surface area (Å²) in [6.45, 7) is 0.428. The fraction of sp³-hybridized carbons (Fsp3) is 0.364. The molecule has 3 nitrogen and oxygen atoms in total. The van der Waals surface area contributed by atoms with Crippen molar-refractivity contribution in [3.05, 3.63) is 35.4 Å². The van der Waals surface area contributed by atoms with E-state index in [2.05, 4.69) is 0 Å². The number of ether oxygens (including phenoxy) is 1. The fourth-order valence-electron chi connectivity index (χ4n) is 1.69. The maximum Gasteiger partial charge on any atom is 0.410 e. The summed E-state index contributed by atoms with van der Waals surface area (Å²) in [7, 11) is 1.58. The van der Waals surface area contributed by atoms with Gasteiger partial charge < -0.3 is 9.64 Å². The van der Waals surface area contributed by atoms with Crippen LogP contribution in [0.5, 0.6) is 0 Å². The number of hydrogen-bond acceptors (Lipinski definition) is 2. The van der Waals surface area contributed by atoms with Crippen molar-refractivity contribution < 1.29 is 18.3 Å². The van der Waals surface area contributed by atoms with E-state index in [0.717, 1.165) is 12.1 Å². The molecule has 0 bridgehead atoms. The van der Waals surface area contributed by atoms with Crippen LogP contribution in [-0.4, -0.2) is 24.6 Å². The summed E-state index contributed by atoms with van der Waals surface area (Å²) in [5, 5.41) is 0. The van der Waals surface area contributed by atoms with E-state index in [1.165, 1.54) is 11.0 Å². The summed E-state index contributed by atoms with van der Waals surface area (Å²) in [5.41, 5.74) is -0.163. The van der Waals surface area contributed by atoms with Crippen molar-refractivity contribution in [1.29, 1.82) is 0 Å². The van der Waals surface area contributed by atoms with Crippen molar-refractivity contribution in [1.82, 2.24) is 4.90 Å². The number of carbonyl (C=O) groups is 1. The van der Waals surface area contributed by atoms with E-state index in [1.807, 2.05) is 0 Å². The third kappa shape index (κ3) is 1.85. The summed E-state index contributed by atoms with van der Waals surface area (Å²) in [5.74, 6) is -1.36. The van der Waals surface area contributed by atoms with Gasteiger partial charge in [-0.25, -0.2) is 13.6 Å². The Bertz CT molecular complexity index is 402. The molecule has 5 heteroatoms. The van der Waals surface area contributed by atoms with Crippen molar-refractivity contribution in [2.75, 3.05) is 13.6 Å². The highest BCUT2D eigenvalue weighted by atomic mass is 19.1. The number of amides is 1. The van der Waals surface area contributed by atoms with Gasteiger partial charge in [-0.05, 0) is 12.1 Å². The van der Waals surface area contributed by atoms with Crippen molar-refractivity contribution >= 4 is 6.09 Å². The smallest absolute Gasteiger partial charge is 0.410 e. The average Bonchev–Trinajstić information content (AvgIpc) is 2.23. The van der Waals surface area contributed by atoms with Crippen LogP contribution in [0.25, 0.3) is 0 Å². The standard InChI is InChI=1S/C11H11F2NO2/c1-14-6-5-9(16-11(14)15)10-7(12)3-2-4-8(10)13/h2-4,9H,5-6H2,1H3/t9-/m0/s1. The van der Waals surface area contributed by atoms with Crippen LogP contribution in [0.1, 0.15) is 18.1 Å². The van der Waals surface area contributed by atoms with Crippen LogP contribution in [0.2, 0.25) is 0 Å². The molecule has 1 atom stereocenters. The van der Waals surface area contributed by atoms with Gasteiger partial charge in [0.2, 0.25) is 0 Å². The first-order valence-corrected chi connectivity index (χ1v) is 4.95. The zero-order valence-corrected chi connectivity index (χ0v) is 8.74. The molecule has 0 aliphatic carbocycles. The molecule has 0 spiro atoms. The summed E-state index contributed by atoms with van der Waals surface area (Å²) in [6.07, 6.45) is -0.996. The highest BCUT2D eigenvalue weighted by molar-refractivity contribution is 5.68. The quantitative estimate of drug-likeness (QED) is 0.737. The highest BCUT2D eigenvalue weighted by Gasteiger charge is 2.29. The first-order valence-electron chi connectivity index (χ1n) is 4.95. The van der Waals surface area contributed by atoms with Gasteiger partial charge >= 0.3 is 6.09 Å². The Hall–Kier alpha value is -1.65. The lowest BCUT2D eigenvalue weighted by molar-refractivity contribution is 0.0292. The molecule has 1 aromatic carbocycles. The Kier molecular flexibility index (Phi) is 2.77. The second-order valence-electron chi connectivity index (χ2n) is 3.72. The van der Waals surface area contributed by atoms with Gasteiger partial charge in [0, 0.05) is 20.0 Å². The van der Waals surface area contributed by atoms with E-state index in [-0.39, 0.29) is 5.56 Å². The average molecular weight is 227 g/mol. The molecule has 0 radical (unpaired) electrons. The second-order valence-corrected chi connectivity index (χ2v) is 3.72. The molecule has 1 amide bonds. The number of benzene rings is 1. The molecule has 16 heavy (non-hydrogen) atoms. The van der Waals surface area contributed by atoms with Crippen LogP contribution >= 0.6 is 0 Å². The predicted octanol–water partition coefficient (Wildman–Crippen LogP) is 2.48. The number of hydrogen-bond donors (Lipinski definition) is 0. The minimum Gasteiger partial charge on any atom is -0.441 e. The lowest BCUT2D eigenvalue weighted by atomic mass is 10.0. The van der Waals surface area contributed by atoms with Gasteiger partial charge in [-0.15, -0.1) is 0 Å². The maximum absolute atomic E-state index is 13.4. The van der Waals surface area contributed by atoms with E-state index in [0.29, 0.717) is 13.0 Å². The number of carbonyl (C=O) groups excluding carboxylic acids is 1. The van der Waals surface area contributed by atoms with Crippen LogP contribution in [0.15, 0.2) is 18.2 Å². The first kappa shape index (κ1) is 10.9. The molecule has 2 rings (SSSR count). The third-order valence-electron chi connectivity index (χ3n) is 2.60. The first-order chi connectivity index (χ1) is 7.59. The zero-order valence-electron chi connectivity index (χ0n) is 8.74. The number of halogens is 2. The van der Waals surface area contributed by atoms with Crippen LogP contribution in [-0.2, 0) is 4.74 Å². The molecule has 1 fully saturated rings. The predicted molar refractivity (Wildman–Crippen MR) is 52.8 cm³/mol. The van der Waals surface area contributed by atoms with Crippen molar-refractivity contribution in [2.45, 2.75) is 12.5 Å². The summed E-state index contributed by atoms with van der Waals surface area (Å²) in [6, 6.07) is 3.60. The molecule has 0 saturated carbocycles. The summed E-state index contributed by atoms with van der Waals surface area (Å²) >= 11 is 0. The minimum absolute atomic E-state index is 0.163.